The lowest BCUT2D eigenvalue weighted by Crippen LogP contribution is -2.06. The number of carboxylic acid groups (broad SMARTS) is 1. The van der Waals surface area contributed by atoms with Gasteiger partial charge in [-0.3, -0.25) is 0 Å². The van der Waals surface area contributed by atoms with Crippen molar-refractivity contribution in [2.24, 2.45) is 0 Å². The first-order valence-corrected chi connectivity index (χ1v) is 5.44. The Morgan fingerprint density at radius 2 is 2.05 bits per heavy atom. The van der Waals surface area contributed by atoms with Crippen LogP contribution in [0.2, 0.25) is 0 Å². The first-order chi connectivity index (χ1) is 9.01. The summed E-state index contributed by atoms with van der Waals surface area (Å²) < 4.78 is 18.4. The number of nitrogens with zero attached hydrogens (tertiary/aromatic N) is 2. The van der Waals surface area contributed by atoms with E-state index in [2.05, 4.69) is 9.97 Å². The first-order valence-electron chi connectivity index (χ1n) is 5.44. The van der Waals surface area contributed by atoms with E-state index in [0.717, 1.165) is 0 Å². The second-order valence-electron chi connectivity index (χ2n) is 3.87. The lowest BCUT2D eigenvalue weighted by Gasteiger charge is -2.06. The Balaban J connectivity index is 2.52. The van der Waals surface area contributed by atoms with Gasteiger partial charge in [0.2, 0.25) is 5.82 Å². The summed E-state index contributed by atoms with van der Waals surface area (Å²) in [5.41, 5.74) is 1.32. The molecule has 1 N–H and O–H groups in total. The first kappa shape index (κ1) is 12.9. The molecule has 0 fully saturated rings. The van der Waals surface area contributed by atoms with Crippen LogP contribution in [-0.2, 0) is 0 Å². The molecule has 0 saturated carbocycles. The van der Waals surface area contributed by atoms with E-state index in [9.17, 15) is 9.18 Å². The summed E-state index contributed by atoms with van der Waals surface area (Å²) in [6, 6.07) is 5.90. The van der Waals surface area contributed by atoms with Crippen LogP contribution in [-0.4, -0.2) is 28.2 Å². The number of methoxy groups -OCH3 is 1. The molecule has 1 heterocycles. The van der Waals surface area contributed by atoms with Crippen LogP contribution in [0, 0.1) is 12.7 Å². The van der Waals surface area contributed by atoms with E-state index in [0.29, 0.717) is 17.0 Å². The summed E-state index contributed by atoms with van der Waals surface area (Å²) >= 11 is 0. The van der Waals surface area contributed by atoms with Crippen molar-refractivity contribution in [3.63, 3.8) is 0 Å². The van der Waals surface area contributed by atoms with Gasteiger partial charge in [0.25, 0.3) is 0 Å². The molecule has 0 radical (unpaired) electrons. The van der Waals surface area contributed by atoms with Gasteiger partial charge in [-0.15, -0.1) is 0 Å². The number of aromatic carboxylic acids is 1. The Bertz CT molecular complexity index is 644. The molecule has 0 aliphatic rings. The maximum absolute atomic E-state index is 13.6. The molecule has 5 nitrogen and oxygen atoms in total. The van der Waals surface area contributed by atoms with Crippen molar-refractivity contribution in [3.05, 3.63) is 41.6 Å². The topological polar surface area (TPSA) is 72.3 Å². The van der Waals surface area contributed by atoms with Crippen molar-refractivity contribution in [2.75, 3.05) is 7.11 Å². The van der Waals surface area contributed by atoms with Crippen LogP contribution in [0.5, 0.6) is 5.75 Å². The van der Waals surface area contributed by atoms with Gasteiger partial charge in [0, 0.05) is 11.3 Å². The van der Waals surface area contributed by atoms with Crippen molar-refractivity contribution in [2.45, 2.75) is 6.92 Å². The second kappa shape index (κ2) is 5.01. The molecule has 0 spiro atoms. The average Bonchev–Trinajstić information content (AvgIpc) is 2.37. The van der Waals surface area contributed by atoms with Crippen molar-refractivity contribution >= 4 is 5.97 Å². The smallest absolute Gasteiger partial charge is 0.373 e. The number of carbonyl (C=O) groups is 1. The van der Waals surface area contributed by atoms with Crippen molar-refractivity contribution < 1.29 is 19.0 Å². The summed E-state index contributed by atoms with van der Waals surface area (Å²) in [6.07, 6.45) is 0. The highest BCUT2D eigenvalue weighted by Gasteiger charge is 2.12. The molecule has 1 aromatic heterocycles. The van der Waals surface area contributed by atoms with Gasteiger partial charge in [0.15, 0.2) is 11.6 Å². The predicted octanol–water partition coefficient (Wildman–Crippen LogP) is 2.30. The second-order valence-corrected chi connectivity index (χ2v) is 3.87. The highest BCUT2D eigenvalue weighted by Crippen LogP contribution is 2.24. The van der Waals surface area contributed by atoms with Crippen LogP contribution < -0.4 is 4.74 Å². The van der Waals surface area contributed by atoms with Gasteiger partial charge >= 0.3 is 5.97 Å². The van der Waals surface area contributed by atoms with Crippen LogP contribution >= 0.6 is 0 Å². The molecule has 1 aromatic carbocycles. The molecule has 6 heteroatoms. The molecule has 19 heavy (non-hydrogen) atoms. The number of carboxylic acids is 1. The maximum atomic E-state index is 13.6. The Morgan fingerprint density at radius 1 is 1.32 bits per heavy atom. The van der Waals surface area contributed by atoms with E-state index in [4.69, 9.17) is 9.84 Å². The van der Waals surface area contributed by atoms with Gasteiger partial charge in [-0.05, 0) is 31.2 Å². The van der Waals surface area contributed by atoms with Gasteiger partial charge in [-0.1, -0.05) is 0 Å². The predicted molar refractivity (Wildman–Crippen MR) is 65.7 cm³/mol. The van der Waals surface area contributed by atoms with E-state index in [-0.39, 0.29) is 11.6 Å². The fourth-order valence-corrected chi connectivity index (χ4v) is 1.64. The number of hydrogen-bond acceptors (Lipinski definition) is 4. The highest BCUT2D eigenvalue weighted by molar-refractivity contribution is 5.84. The molecule has 0 bridgehead atoms. The third-order valence-electron chi connectivity index (χ3n) is 2.49. The van der Waals surface area contributed by atoms with Crippen LogP contribution in [0.1, 0.15) is 16.3 Å². The summed E-state index contributed by atoms with van der Waals surface area (Å²) in [7, 11) is 1.37. The largest absolute Gasteiger partial charge is 0.494 e. The lowest BCUT2D eigenvalue weighted by atomic mass is 10.1. The van der Waals surface area contributed by atoms with Crippen molar-refractivity contribution in [1.82, 2.24) is 9.97 Å². The standard InChI is InChI=1S/C13H11FN2O3/c1-7-5-10(16-12(15-7)13(17)18)8-3-4-11(19-2)9(14)6-8/h3-6H,1-2H3,(H,17,18). The van der Waals surface area contributed by atoms with Crippen LogP contribution in [0.15, 0.2) is 24.3 Å². The summed E-state index contributed by atoms with van der Waals surface area (Å²) in [4.78, 5) is 18.6. The third kappa shape index (κ3) is 2.67. The zero-order valence-electron chi connectivity index (χ0n) is 10.3. The molecule has 0 aliphatic heterocycles. The molecule has 0 unspecified atom stereocenters. The van der Waals surface area contributed by atoms with Crippen molar-refractivity contribution in [3.8, 4) is 17.0 Å². The van der Waals surface area contributed by atoms with Gasteiger partial charge in [0.1, 0.15) is 0 Å². The Hall–Kier alpha value is -2.50. The zero-order valence-corrected chi connectivity index (χ0v) is 10.3. The van der Waals surface area contributed by atoms with E-state index >= 15 is 0 Å². The average molecular weight is 262 g/mol. The normalized spacial score (nSPS) is 10.3. The molecule has 0 atom stereocenters. The minimum absolute atomic E-state index is 0.119. The van der Waals surface area contributed by atoms with Crippen LogP contribution in [0.4, 0.5) is 4.39 Å². The molecule has 0 aliphatic carbocycles. The molecule has 98 valence electrons. The summed E-state index contributed by atoms with van der Waals surface area (Å²) in [5, 5.41) is 8.90. The Morgan fingerprint density at radius 3 is 2.63 bits per heavy atom. The number of aromatic nitrogens is 2. The summed E-state index contributed by atoms with van der Waals surface area (Å²) in [6.45, 7) is 1.65. The fraction of sp³-hybridized carbons (Fsp3) is 0.154. The number of halogens is 1. The van der Waals surface area contributed by atoms with Gasteiger partial charge in [-0.25, -0.2) is 19.2 Å². The Kier molecular flexibility index (Phi) is 3.41. The summed E-state index contributed by atoms with van der Waals surface area (Å²) in [5.74, 6) is -1.95. The van der Waals surface area contributed by atoms with Gasteiger partial charge in [0.05, 0.1) is 12.8 Å². The molecule has 2 rings (SSSR count). The SMILES string of the molecule is COc1ccc(-c2cc(C)nc(C(=O)O)n2)cc1F. The fourth-order valence-electron chi connectivity index (χ4n) is 1.64. The minimum atomic E-state index is -1.22. The van der Waals surface area contributed by atoms with E-state index < -0.39 is 11.8 Å². The van der Waals surface area contributed by atoms with E-state index in [1.807, 2.05) is 0 Å². The molecule has 0 amide bonds. The van der Waals surface area contributed by atoms with E-state index in [1.54, 1.807) is 19.1 Å². The molecule has 2 aromatic rings. The quantitative estimate of drug-likeness (QED) is 0.918. The number of hydrogen-bond donors (Lipinski definition) is 1. The van der Waals surface area contributed by atoms with Crippen LogP contribution in [0.25, 0.3) is 11.3 Å². The number of rotatable bonds is 3. The molecular weight excluding hydrogens is 251 g/mol. The lowest BCUT2D eigenvalue weighted by molar-refractivity contribution is 0.0683. The monoisotopic (exact) mass is 262 g/mol. The molecular formula is C13H11FN2O3. The maximum Gasteiger partial charge on any atom is 0.373 e. The van der Waals surface area contributed by atoms with Crippen molar-refractivity contribution in [1.29, 1.82) is 0 Å². The van der Waals surface area contributed by atoms with Gasteiger partial charge in [-0.2, -0.15) is 0 Å². The van der Waals surface area contributed by atoms with Crippen LogP contribution in [0.3, 0.4) is 0 Å². The number of benzene rings is 1. The number of ether oxygens (including phenoxy) is 1. The molecule has 0 saturated heterocycles. The minimum Gasteiger partial charge on any atom is -0.494 e. The third-order valence-corrected chi connectivity index (χ3v) is 2.49. The zero-order chi connectivity index (χ0) is 14.0. The van der Waals surface area contributed by atoms with E-state index in [1.165, 1.54) is 19.2 Å². The Labute approximate surface area is 108 Å². The highest BCUT2D eigenvalue weighted by atomic mass is 19.1. The number of aryl methyl sites for hydroxylation is 1. The van der Waals surface area contributed by atoms with Gasteiger partial charge < -0.3 is 9.84 Å².